The minimum Gasteiger partial charge on any atom is -0.478 e. The Hall–Kier alpha value is -3.94. The largest absolute Gasteiger partial charge is 0.478 e. The van der Waals surface area contributed by atoms with Gasteiger partial charge in [-0.25, -0.2) is 30.0 Å². The maximum Gasteiger partial charge on any atom is 0.335 e. The molecule has 0 aliphatic carbocycles. The highest BCUT2D eigenvalue weighted by molar-refractivity contribution is 5.87. The highest BCUT2D eigenvalue weighted by atomic mass is 16.4. The van der Waals surface area contributed by atoms with Gasteiger partial charge in [0, 0.05) is 6.42 Å². The second kappa shape index (κ2) is 21.9. The highest BCUT2D eigenvalue weighted by Gasteiger charge is 2.23. The summed E-state index contributed by atoms with van der Waals surface area (Å²) in [6.45, 7) is 7.60. The second-order valence-corrected chi connectivity index (χ2v) is 7.41. The Morgan fingerprint density at radius 1 is 0.857 bits per heavy atom. The van der Waals surface area contributed by atoms with Gasteiger partial charge in [0.15, 0.2) is 0 Å². The lowest BCUT2D eigenvalue weighted by Gasteiger charge is -2.26. The molecule has 2 aromatic carbocycles. The molecular weight excluding hydrogens is 456 g/mol. The Bertz CT molecular complexity index is 827. The van der Waals surface area contributed by atoms with Gasteiger partial charge in [0.25, 0.3) is 0 Å². The lowest BCUT2D eigenvalue weighted by Crippen LogP contribution is -2.31. The molecule has 0 bridgehead atoms. The normalized spacial score (nSPS) is 11.3. The van der Waals surface area contributed by atoms with Crippen molar-refractivity contribution in [3.8, 4) is 0 Å². The molecule has 6 N–H and O–H groups in total. The lowest BCUT2D eigenvalue weighted by atomic mass is 9.91. The number of aromatic carboxylic acids is 2. The Morgan fingerprint density at radius 3 is 1.31 bits per heavy atom. The molecule has 0 amide bonds. The zero-order valence-electron chi connectivity index (χ0n) is 20.3. The number of benzene rings is 2. The number of rotatable bonds is 6. The van der Waals surface area contributed by atoms with Crippen LogP contribution in [0.15, 0.2) is 60.7 Å². The molecule has 0 aliphatic heterocycles. The minimum atomic E-state index is -0.879. The molecule has 0 spiro atoms. The average Bonchev–Trinajstić information content (AvgIpc) is 2.82. The SMILES string of the molecule is CCC(C)(O)CC(O)C(C)C.N=C=O.N=C=O.O=C(O)c1ccccc1.O=C(O)c1ccccc1. The first-order valence-electron chi connectivity index (χ1n) is 10.4. The number of isocyanates is 2. The van der Waals surface area contributed by atoms with Crippen LogP contribution in [0.2, 0.25) is 0 Å². The van der Waals surface area contributed by atoms with Crippen molar-refractivity contribution in [3.63, 3.8) is 0 Å². The molecule has 2 atom stereocenters. The monoisotopic (exact) mass is 490 g/mol. The summed E-state index contributed by atoms with van der Waals surface area (Å²) in [5.41, 5.74) is -0.0426. The van der Waals surface area contributed by atoms with Gasteiger partial charge < -0.3 is 20.4 Å². The first-order valence-corrected chi connectivity index (χ1v) is 10.4. The summed E-state index contributed by atoms with van der Waals surface area (Å²) >= 11 is 0. The van der Waals surface area contributed by atoms with E-state index in [4.69, 9.17) is 30.6 Å². The predicted octanol–water partition coefficient (Wildman–Crippen LogP) is 4.13. The third kappa shape index (κ3) is 23.0. The number of carbonyl (C=O) groups is 2. The summed E-state index contributed by atoms with van der Waals surface area (Å²) in [5.74, 6) is -1.53. The van der Waals surface area contributed by atoms with Crippen LogP contribution in [0.4, 0.5) is 0 Å². The maximum absolute atomic E-state index is 10.2. The smallest absolute Gasteiger partial charge is 0.335 e. The number of carboxylic acid groups (broad SMARTS) is 2. The van der Waals surface area contributed by atoms with Gasteiger partial charge in [0.2, 0.25) is 12.2 Å². The van der Waals surface area contributed by atoms with Crippen molar-refractivity contribution < 1.29 is 39.6 Å². The van der Waals surface area contributed by atoms with Crippen molar-refractivity contribution in [1.29, 1.82) is 10.8 Å². The molecule has 0 radical (unpaired) electrons. The summed E-state index contributed by atoms with van der Waals surface area (Å²) in [4.78, 5) is 37.1. The highest BCUT2D eigenvalue weighted by Crippen LogP contribution is 2.19. The van der Waals surface area contributed by atoms with Gasteiger partial charge in [0.05, 0.1) is 22.8 Å². The van der Waals surface area contributed by atoms with Crippen molar-refractivity contribution in [2.75, 3.05) is 0 Å². The predicted molar refractivity (Wildman–Crippen MR) is 130 cm³/mol. The topological polar surface area (TPSA) is 197 Å². The van der Waals surface area contributed by atoms with E-state index < -0.39 is 17.5 Å². The summed E-state index contributed by atoms with van der Waals surface area (Å²) in [6, 6.07) is 16.6. The summed E-state index contributed by atoms with van der Waals surface area (Å²) < 4.78 is 0. The Labute approximate surface area is 204 Å². The van der Waals surface area contributed by atoms with E-state index in [1.54, 1.807) is 67.6 Å². The van der Waals surface area contributed by atoms with Crippen molar-refractivity contribution in [2.45, 2.75) is 52.2 Å². The van der Waals surface area contributed by atoms with Crippen LogP contribution in [0.25, 0.3) is 0 Å². The molecule has 192 valence electrons. The quantitative estimate of drug-likeness (QED) is 0.256. The van der Waals surface area contributed by atoms with Crippen LogP contribution in [-0.4, -0.2) is 56.2 Å². The zero-order chi connectivity index (χ0) is 27.9. The zero-order valence-corrected chi connectivity index (χ0v) is 20.3. The molecule has 2 aromatic rings. The van der Waals surface area contributed by atoms with Gasteiger partial charge in [-0.1, -0.05) is 57.2 Å². The molecule has 0 aliphatic rings. The van der Waals surface area contributed by atoms with Crippen LogP contribution in [0.5, 0.6) is 0 Å². The maximum atomic E-state index is 10.2. The standard InChI is InChI=1S/C9H20O2.2C7H6O2.2CHNO/c1-5-9(4,11)6-8(10)7(2)3;2*8-7(9)6-4-2-1-3-5-6;2*2-1-3/h7-8,10-11H,5-6H2,1-4H3;2*1-5H,(H,8,9);2*2H. The summed E-state index contributed by atoms with van der Waals surface area (Å²) in [6.07, 6.45) is 2.28. The molecule has 2 unspecified atom stereocenters. The Kier molecular flexibility index (Phi) is 22.3. The molecule has 0 heterocycles. The third-order valence-electron chi connectivity index (χ3n) is 4.22. The fourth-order valence-electron chi connectivity index (χ4n) is 1.99. The fraction of sp³-hybridized carbons (Fsp3) is 0.360. The van der Waals surface area contributed by atoms with Crippen molar-refractivity contribution >= 4 is 24.1 Å². The van der Waals surface area contributed by atoms with Crippen molar-refractivity contribution in [3.05, 3.63) is 71.8 Å². The molecule has 10 nitrogen and oxygen atoms in total. The molecular formula is C25H34N2O8. The van der Waals surface area contributed by atoms with E-state index >= 15 is 0 Å². The van der Waals surface area contributed by atoms with Crippen LogP contribution >= 0.6 is 0 Å². The first kappa shape index (κ1) is 35.6. The molecule has 0 aromatic heterocycles. The number of nitrogens with one attached hydrogen (secondary N) is 2. The number of hydrogen-bond acceptors (Lipinski definition) is 8. The van der Waals surface area contributed by atoms with E-state index in [0.717, 1.165) is 12.2 Å². The van der Waals surface area contributed by atoms with E-state index in [2.05, 4.69) is 0 Å². The molecule has 35 heavy (non-hydrogen) atoms. The minimum absolute atomic E-state index is 0.230. The molecule has 0 saturated heterocycles. The van der Waals surface area contributed by atoms with Crippen LogP contribution < -0.4 is 0 Å². The van der Waals surface area contributed by atoms with Gasteiger partial charge in [-0.15, -0.1) is 0 Å². The number of aliphatic hydroxyl groups excluding tert-OH is 1. The lowest BCUT2D eigenvalue weighted by molar-refractivity contribution is -0.0131. The summed E-state index contributed by atoms with van der Waals surface area (Å²) in [7, 11) is 0. The second-order valence-electron chi connectivity index (χ2n) is 7.41. The van der Waals surface area contributed by atoms with E-state index in [9.17, 15) is 19.8 Å². The van der Waals surface area contributed by atoms with Crippen molar-refractivity contribution in [1.82, 2.24) is 0 Å². The molecule has 0 fully saturated rings. The van der Waals surface area contributed by atoms with Crippen LogP contribution in [0.1, 0.15) is 61.3 Å². The third-order valence-corrected chi connectivity index (χ3v) is 4.22. The van der Waals surface area contributed by atoms with Gasteiger partial charge in [-0.2, -0.15) is 0 Å². The van der Waals surface area contributed by atoms with E-state index in [-0.39, 0.29) is 12.0 Å². The van der Waals surface area contributed by atoms with Crippen LogP contribution in [-0.2, 0) is 9.59 Å². The van der Waals surface area contributed by atoms with Gasteiger partial charge in [-0.05, 0) is 43.5 Å². The number of carboxylic acids is 2. The first-order chi connectivity index (χ1) is 16.3. The number of carbonyl (C=O) groups excluding carboxylic acids is 2. The molecule has 10 heteroatoms. The number of hydrogen-bond donors (Lipinski definition) is 6. The Balaban J connectivity index is -0.000000395. The van der Waals surface area contributed by atoms with Crippen molar-refractivity contribution in [2.24, 2.45) is 5.92 Å². The van der Waals surface area contributed by atoms with E-state index in [1.807, 2.05) is 20.8 Å². The molecule has 2 rings (SSSR count). The number of aliphatic hydroxyl groups is 2. The average molecular weight is 491 g/mol. The van der Waals surface area contributed by atoms with Gasteiger partial charge in [0.1, 0.15) is 0 Å². The van der Waals surface area contributed by atoms with E-state index in [1.165, 1.54) is 0 Å². The van der Waals surface area contributed by atoms with Crippen LogP contribution in [0.3, 0.4) is 0 Å². The van der Waals surface area contributed by atoms with E-state index in [0.29, 0.717) is 24.0 Å². The van der Waals surface area contributed by atoms with Gasteiger partial charge in [-0.3, -0.25) is 0 Å². The molecule has 0 saturated carbocycles. The van der Waals surface area contributed by atoms with Gasteiger partial charge >= 0.3 is 11.9 Å². The Morgan fingerprint density at radius 2 is 1.14 bits per heavy atom. The summed E-state index contributed by atoms with van der Waals surface area (Å²) in [5, 5.41) is 46.6. The fourth-order valence-corrected chi connectivity index (χ4v) is 1.99. The van der Waals surface area contributed by atoms with Crippen LogP contribution in [0, 0.1) is 16.7 Å².